The maximum absolute atomic E-state index is 6.41. The van der Waals surface area contributed by atoms with Gasteiger partial charge in [-0.3, -0.25) is 0 Å². The van der Waals surface area contributed by atoms with E-state index in [0.717, 1.165) is 33.3 Å². The number of fused-ring (bicyclic) bond motifs is 21. The van der Waals surface area contributed by atoms with Crippen molar-refractivity contribution in [3.05, 3.63) is 515 Å². The molecule has 3 heterocycles. The van der Waals surface area contributed by atoms with Crippen molar-refractivity contribution in [2.45, 2.75) is 113 Å². The van der Waals surface area contributed by atoms with Crippen LogP contribution in [0.25, 0.3) is 169 Å². The number of aromatic nitrogens is 1. The Morgan fingerprint density at radius 3 is 0.919 bits per heavy atom. The monoisotopic (exact) mass is 1930 g/mol. The molecule has 28 rings (SSSR count). The maximum atomic E-state index is 6.41. The second-order valence-electron chi connectivity index (χ2n) is 43.1. The van der Waals surface area contributed by atoms with Crippen LogP contribution < -0.4 is 14.7 Å². The summed E-state index contributed by atoms with van der Waals surface area (Å²) in [5.41, 5.74) is 49.5. The highest BCUT2D eigenvalue weighted by atomic mass is 32.1. The molecule has 0 saturated heterocycles. The third kappa shape index (κ3) is 15.3. The number of aryl methyl sites for hydroxylation is 8. The average molecular weight is 1940 g/mol. The molecule has 5 nitrogen and oxygen atoms in total. The lowest BCUT2D eigenvalue weighted by Crippen LogP contribution is -2.18. The zero-order chi connectivity index (χ0) is 101. The summed E-state index contributed by atoms with van der Waals surface area (Å²) in [5, 5.41) is 15.1. The van der Waals surface area contributed by atoms with Gasteiger partial charge in [0.1, 0.15) is 11.2 Å². The van der Waals surface area contributed by atoms with Crippen molar-refractivity contribution < 1.29 is 4.42 Å². The number of furan rings is 1. The van der Waals surface area contributed by atoms with Gasteiger partial charge in [-0.1, -0.05) is 321 Å². The summed E-state index contributed by atoms with van der Waals surface area (Å²) in [7, 11) is 0. The van der Waals surface area contributed by atoms with Gasteiger partial charge in [0.05, 0.1) is 33.8 Å². The van der Waals surface area contributed by atoms with E-state index in [1.54, 1.807) is 0 Å². The molecule has 0 N–H and O–H groups in total. The second kappa shape index (κ2) is 35.6. The SMILES string of the molecule is Cc1cc(-c2ccc3ccccc3c2)cc(C)c1N(c1ccc2c(c1)C(C)(C)c1ccccc1-2)c1c(C)cc(-n2c3ccccc3c3ccccc32)cc1C.Cc1cc(-c2ccc3ccccc3c2)cc(C)c1N(c1ccc2c(c1)C(C)(C)c1ccccc1-2)c1ccc2c(c1)oc1ccccc12.Cc1cc(-c2ccc3ccccc3c2)cc(C)c1N(c1ccc2c(c1)C(C)(C)c1ccccc1-2)c1ccc2c(c1)sc1ccccc12. The van der Waals surface area contributed by atoms with Gasteiger partial charge in [0.15, 0.2) is 0 Å². The highest BCUT2D eigenvalue weighted by Gasteiger charge is 2.41. The van der Waals surface area contributed by atoms with Crippen LogP contribution >= 0.6 is 11.3 Å². The molecule has 0 spiro atoms. The van der Waals surface area contributed by atoms with Gasteiger partial charge in [-0.25, -0.2) is 0 Å². The van der Waals surface area contributed by atoms with Gasteiger partial charge in [0, 0.05) is 98.2 Å². The van der Waals surface area contributed by atoms with Crippen LogP contribution in [0.5, 0.6) is 0 Å². The summed E-state index contributed by atoms with van der Waals surface area (Å²) >= 11 is 1.88. The third-order valence-electron chi connectivity index (χ3n) is 32.6. The zero-order valence-corrected chi connectivity index (χ0v) is 87.5. The second-order valence-corrected chi connectivity index (χ2v) is 44.2. The number of hydrogen-bond acceptors (Lipinski definition) is 5. The molecule has 718 valence electrons. The summed E-state index contributed by atoms with van der Waals surface area (Å²) in [6, 6.07) is 161. The van der Waals surface area contributed by atoms with E-state index >= 15 is 0 Å². The highest BCUT2D eigenvalue weighted by Crippen LogP contribution is 2.58. The Labute approximate surface area is 876 Å². The quantitative estimate of drug-likeness (QED) is 0.115. The minimum atomic E-state index is -0.109. The van der Waals surface area contributed by atoms with E-state index in [4.69, 9.17) is 4.42 Å². The lowest BCUT2D eigenvalue weighted by atomic mass is 9.82. The number of anilines is 9. The summed E-state index contributed by atoms with van der Waals surface area (Å²) in [4.78, 5) is 7.48. The number of nitrogens with zero attached hydrogens (tertiary/aromatic N) is 4. The van der Waals surface area contributed by atoms with Gasteiger partial charge in [0.25, 0.3) is 0 Å². The number of thiophene rings is 1. The predicted octanol–water partition coefficient (Wildman–Crippen LogP) is 40.7. The van der Waals surface area contributed by atoms with Gasteiger partial charge in [-0.05, 0) is 384 Å². The van der Waals surface area contributed by atoms with Crippen LogP contribution in [0.1, 0.15) is 119 Å². The van der Waals surface area contributed by atoms with Gasteiger partial charge in [-0.15, -0.1) is 11.3 Å². The van der Waals surface area contributed by atoms with Crippen LogP contribution in [0.4, 0.5) is 51.2 Å². The third-order valence-corrected chi connectivity index (χ3v) is 33.8. The maximum Gasteiger partial charge on any atom is 0.137 e. The van der Waals surface area contributed by atoms with Crippen molar-refractivity contribution >= 4 is 159 Å². The first-order chi connectivity index (χ1) is 72.4. The van der Waals surface area contributed by atoms with Crippen molar-refractivity contribution in [3.8, 4) is 72.4 Å². The summed E-state index contributed by atoms with van der Waals surface area (Å²) in [6.07, 6.45) is 0. The minimum absolute atomic E-state index is 0.0763. The molecule has 0 saturated carbocycles. The number of para-hydroxylation sites is 3. The lowest BCUT2D eigenvalue weighted by Gasteiger charge is -2.33. The predicted molar refractivity (Wildman–Crippen MR) is 637 cm³/mol. The fourth-order valence-corrected chi connectivity index (χ4v) is 26.7. The molecule has 0 aliphatic heterocycles. The standard InChI is InChI=1S/C53H44N2.C45H35NO.C45H35NS/c1-33-27-40(39-24-23-37-15-7-8-16-38(37)31-39)28-34(2)51(33)55(41-25-26-44-43-17-9-12-20-47(43)53(5,6)48(44)32-41)52-35(3)29-42(30-36(52)4)54-49-21-13-10-18-45(49)46-19-11-14-22-50(46)54;2*1-28-23-33(32-18-17-30-11-5-6-12-31(30)25-32)24-29(2)44(28)46(35-20-22-39-38-14-8-10-16-42(38)47-43(39)27-35)34-19-21-37-36-13-7-9-15-40(36)45(3,4)41(37)26-34/h7-32H,1-6H3;2*5-27H,1-4H3. The highest BCUT2D eigenvalue weighted by molar-refractivity contribution is 7.25. The van der Waals surface area contributed by atoms with Gasteiger partial charge >= 0.3 is 0 Å². The van der Waals surface area contributed by atoms with Gasteiger partial charge in [0.2, 0.25) is 0 Å². The molecule has 0 fully saturated rings. The van der Waals surface area contributed by atoms with E-state index in [0.29, 0.717) is 0 Å². The van der Waals surface area contributed by atoms with E-state index in [1.807, 2.05) is 23.5 Å². The molecule has 6 heteroatoms. The van der Waals surface area contributed by atoms with Gasteiger partial charge in [-0.2, -0.15) is 0 Å². The zero-order valence-electron chi connectivity index (χ0n) is 86.7. The molecule has 3 aliphatic rings. The van der Waals surface area contributed by atoms with Crippen LogP contribution in [-0.4, -0.2) is 4.57 Å². The smallest absolute Gasteiger partial charge is 0.137 e. The van der Waals surface area contributed by atoms with E-state index in [1.165, 1.54) is 264 Å². The van der Waals surface area contributed by atoms with Crippen LogP contribution in [-0.2, 0) is 16.2 Å². The fraction of sp³-hybridized carbons (Fsp3) is 0.119. The molecule has 3 aromatic heterocycles. The normalized spacial score (nSPS) is 13.2. The molecule has 22 aromatic carbocycles. The minimum Gasteiger partial charge on any atom is -0.456 e. The lowest BCUT2D eigenvalue weighted by molar-refractivity contribution is 0.660. The van der Waals surface area contributed by atoms with E-state index in [-0.39, 0.29) is 16.2 Å². The summed E-state index contributed by atoms with van der Waals surface area (Å²) in [6.45, 7) is 32.3. The van der Waals surface area contributed by atoms with Crippen LogP contribution in [0.15, 0.2) is 441 Å². The molecule has 0 unspecified atom stereocenters. The van der Waals surface area contributed by atoms with Crippen molar-refractivity contribution in [1.29, 1.82) is 0 Å². The van der Waals surface area contributed by atoms with E-state index in [9.17, 15) is 0 Å². The van der Waals surface area contributed by atoms with E-state index < -0.39 is 0 Å². The molecule has 0 amide bonds. The molecule has 0 atom stereocenters. The van der Waals surface area contributed by atoms with Crippen LogP contribution in [0, 0.1) is 55.4 Å². The first-order valence-electron chi connectivity index (χ1n) is 52.3. The fourth-order valence-electron chi connectivity index (χ4n) is 25.5. The summed E-state index contributed by atoms with van der Waals surface area (Å²) in [5.74, 6) is 0. The Hall–Kier alpha value is -17.2. The Morgan fingerprint density at radius 2 is 0.497 bits per heavy atom. The topological polar surface area (TPSA) is 27.8 Å². The Morgan fingerprint density at radius 1 is 0.201 bits per heavy atom. The molecule has 0 radical (unpaired) electrons. The van der Waals surface area contributed by atoms with Gasteiger partial charge < -0.3 is 23.7 Å². The summed E-state index contributed by atoms with van der Waals surface area (Å²) < 4.78 is 11.5. The first-order valence-corrected chi connectivity index (χ1v) is 53.1. The Kier molecular flexibility index (Phi) is 21.9. The van der Waals surface area contributed by atoms with Crippen molar-refractivity contribution in [2.24, 2.45) is 0 Å². The number of hydrogen-bond donors (Lipinski definition) is 0. The Balaban J connectivity index is 0.000000113. The van der Waals surface area contributed by atoms with Crippen molar-refractivity contribution in [3.63, 3.8) is 0 Å². The van der Waals surface area contributed by atoms with Crippen LogP contribution in [0.3, 0.4) is 0 Å². The molecule has 25 aromatic rings. The van der Waals surface area contributed by atoms with Crippen LogP contribution in [0.2, 0.25) is 0 Å². The molecule has 0 bridgehead atoms. The largest absolute Gasteiger partial charge is 0.456 e. The van der Waals surface area contributed by atoms with Crippen molar-refractivity contribution in [1.82, 2.24) is 4.57 Å². The Bertz CT molecular complexity index is 9350. The molecule has 3 aliphatic carbocycles. The molecule has 149 heavy (non-hydrogen) atoms. The first kappa shape index (κ1) is 91.8. The number of benzene rings is 22. The molecular weight excluding hydrogens is 1820 g/mol. The molecular formula is C143H114N4OS. The number of rotatable bonds is 13. The average Bonchev–Trinajstić information content (AvgIpc) is 1.59. The van der Waals surface area contributed by atoms with E-state index in [2.05, 4.69) is 541 Å². The van der Waals surface area contributed by atoms with Crippen molar-refractivity contribution in [2.75, 3.05) is 14.7 Å².